The first-order valence-corrected chi connectivity index (χ1v) is 9.73. The number of amides is 1. The molecule has 9 heteroatoms. The highest BCUT2D eigenvalue weighted by Crippen LogP contribution is 2.25. The molecule has 0 saturated heterocycles. The van der Waals surface area contributed by atoms with E-state index < -0.39 is 15.9 Å². The summed E-state index contributed by atoms with van der Waals surface area (Å²) < 4.78 is 27.5. The third-order valence-corrected chi connectivity index (χ3v) is 6.04. The second-order valence-corrected chi connectivity index (χ2v) is 8.43. The Bertz CT molecular complexity index is 1080. The second-order valence-electron chi connectivity index (χ2n) is 5.87. The van der Waals surface area contributed by atoms with Crippen molar-refractivity contribution in [2.45, 2.75) is 4.90 Å². The van der Waals surface area contributed by atoms with Gasteiger partial charge in [0.25, 0.3) is 5.91 Å². The van der Waals surface area contributed by atoms with Gasteiger partial charge in [0.1, 0.15) is 0 Å². The topological polar surface area (TPSA) is 84.3 Å². The number of halogens is 1. The van der Waals surface area contributed by atoms with Crippen molar-refractivity contribution in [3.05, 3.63) is 71.8 Å². The molecule has 3 rings (SSSR count). The molecule has 2 aromatic carbocycles. The molecular formula is C18H17ClN4O3S. The number of rotatable bonds is 5. The maximum Gasteiger partial charge on any atom is 0.257 e. The van der Waals surface area contributed by atoms with Crippen molar-refractivity contribution in [3.63, 3.8) is 0 Å². The Morgan fingerprint density at radius 3 is 2.59 bits per heavy atom. The van der Waals surface area contributed by atoms with Gasteiger partial charge >= 0.3 is 0 Å². The van der Waals surface area contributed by atoms with E-state index in [4.69, 9.17) is 11.6 Å². The molecule has 0 saturated carbocycles. The maximum atomic E-state index is 12.8. The van der Waals surface area contributed by atoms with Crippen molar-refractivity contribution >= 4 is 33.2 Å². The molecular weight excluding hydrogens is 388 g/mol. The number of aromatic nitrogens is 2. The minimum Gasteiger partial charge on any atom is -0.320 e. The predicted octanol–water partition coefficient (Wildman–Crippen LogP) is 3.03. The highest BCUT2D eigenvalue weighted by molar-refractivity contribution is 7.89. The lowest BCUT2D eigenvalue weighted by Crippen LogP contribution is -2.23. The number of carbonyl (C=O) groups excluding carboxylic acids is 1. The van der Waals surface area contributed by atoms with Crippen LogP contribution in [0.5, 0.6) is 0 Å². The molecule has 0 aliphatic carbocycles. The molecule has 0 aliphatic heterocycles. The lowest BCUT2D eigenvalue weighted by Gasteiger charge is -2.14. The Labute approximate surface area is 162 Å². The zero-order chi connectivity index (χ0) is 19.6. The van der Waals surface area contributed by atoms with Crippen LogP contribution in [0.1, 0.15) is 10.4 Å². The maximum absolute atomic E-state index is 12.8. The predicted molar refractivity (Wildman–Crippen MR) is 104 cm³/mol. The molecule has 140 valence electrons. The number of carbonyl (C=O) groups is 1. The summed E-state index contributed by atoms with van der Waals surface area (Å²) in [5, 5.41) is 2.94. The monoisotopic (exact) mass is 404 g/mol. The molecule has 3 aromatic rings. The first-order valence-electron chi connectivity index (χ1n) is 7.91. The van der Waals surface area contributed by atoms with E-state index in [0.29, 0.717) is 5.69 Å². The van der Waals surface area contributed by atoms with Crippen molar-refractivity contribution in [1.82, 2.24) is 13.9 Å². The van der Waals surface area contributed by atoms with E-state index in [1.54, 1.807) is 35.4 Å². The lowest BCUT2D eigenvalue weighted by molar-refractivity contribution is 0.102. The Balaban J connectivity index is 1.97. The highest BCUT2D eigenvalue weighted by Gasteiger charge is 2.21. The van der Waals surface area contributed by atoms with Crippen molar-refractivity contribution in [3.8, 4) is 5.69 Å². The minimum absolute atomic E-state index is 0.00931. The van der Waals surface area contributed by atoms with Crippen LogP contribution in [-0.4, -0.2) is 42.3 Å². The fraction of sp³-hybridized carbons (Fsp3) is 0.111. The van der Waals surface area contributed by atoms with E-state index in [-0.39, 0.29) is 15.5 Å². The SMILES string of the molecule is CN(C)S(=O)(=O)c1ccc(Cl)c(C(=O)Nc2ccccc2-n2ccnc2)c1. The first kappa shape index (κ1) is 19.1. The van der Waals surface area contributed by atoms with Crippen LogP contribution in [0.3, 0.4) is 0 Å². The van der Waals surface area contributed by atoms with Gasteiger partial charge in [-0.25, -0.2) is 17.7 Å². The third-order valence-electron chi connectivity index (χ3n) is 3.90. The molecule has 27 heavy (non-hydrogen) atoms. The van der Waals surface area contributed by atoms with Crippen LogP contribution in [0, 0.1) is 0 Å². The second kappa shape index (κ2) is 7.51. The van der Waals surface area contributed by atoms with E-state index in [1.165, 1.54) is 32.3 Å². The smallest absolute Gasteiger partial charge is 0.257 e. The molecule has 0 bridgehead atoms. The van der Waals surface area contributed by atoms with Crippen LogP contribution in [0.2, 0.25) is 5.02 Å². The summed E-state index contributed by atoms with van der Waals surface area (Å²) >= 11 is 6.14. The van der Waals surface area contributed by atoms with E-state index in [0.717, 1.165) is 9.99 Å². The fourth-order valence-corrected chi connectivity index (χ4v) is 3.58. The third kappa shape index (κ3) is 3.87. The number of nitrogens with one attached hydrogen (secondary N) is 1. The largest absolute Gasteiger partial charge is 0.320 e. The zero-order valence-electron chi connectivity index (χ0n) is 14.6. The molecule has 7 nitrogen and oxygen atoms in total. The van der Waals surface area contributed by atoms with Gasteiger partial charge in [0.15, 0.2) is 0 Å². The van der Waals surface area contributed by atoms with Crippen LogP contribution < -0.4 is 5.32 Å². The summed E-state index contributed by atoms with van der Waals surface area (Å²) in [5.74, 6) is -0.511. The number of benzene rings is 2. The first-order chi connectivity index (χ1) is 12.8. The number of imidazole rings is 1. The Kier molecular flexibility index (Phi) is 5.31. The van der Waals surface area contributed by atoms with Gasteiger partial charge in [-0.3, -0.25) is 4.79 Å². The molecule has 1 aromatic heterocycles. The van der Waals surface area contributed by atoms with Crippen LogP contribution in [0.4, 0.5) is 5.69 Å². The summed E-state index contributed by atoms with van der Waals surface area (Å²) in [6.07, 6.45) is 5.00. The summed E-state index contributed by atoms with van der Waals surface area (Å²) in [6, 6.07) is 11.2. The molecule has 1 N–H and O–H groups in total. The Hall–Kier alpha value is -2.68. The number of hydrogen-bond acceptors (Lipinski definition) is 4. The lowest BCUT2D eigenvalue weighted by atomic mass is 10.2. The zero-order valence-corrected chi connectivity index (χ0v) is 16.2. The summed E-state index contributed by atoms with van der Waals surface area (Å²) in [6.45, 7) is 0. The number of sulfonamides is 1. The molecule has 1 heterocycles. The van der Waals surface area contributed by atoms with Gasteiger partial charge in [-0.2, -0.15) is 0 Å². The summed E-state index contributed by atoms with van der Waals surface area (Å²) in [5.41, 5.74) is 1.33. The van der Waals surface area contributed by atoms with E-state index in [9.17, 15) is 13.2 Å². The van der Waals surface area contributed by atoms with Crippen LogP contribution >= 0.6 is 11.6 Å². The van der Waals surface area contributed by atoms with Gasteiger partial charge in [0.05, 0.1) is 33.2 Å². The van der Waals surface area contributed by atoms with Crippen molar-refractivity contribution < 1.29 is 13.2 Å². The van der Waals surface area contributed by atoms with Crippen molar-refractivity contribution in [2.24, 2.45) is 0 Å². The van der Waals surface area contributed by atoms with Crippen LogP contribution in [0.15, 0.2) is 66.1 Å². The average Bonchev–Trinajstić information content (AvgIpc) is 3.16. The molecule has 0 atom stereocenters. The fourth-order valence-electron chi connectivity index (χ4n) is 2.45. The molecule has 0 fully saturated rings. The minimum atomic E-state index is -3.68. The molecule has 0 unspecified atom stereocenters. The molecule has 0 radical (unpaired) electrons. The molecule has 0 spiro atoms. The van der Waals surface area contributed by atoms with E-state index in [2.05, 4.69) is 10.3 Å². The van der Waals surface area contributed by atoms with Crippen LogP contribution in [-0.2, 0) is 10.0 Å². The van der Waals surface area contributed by atoms with E-state index >= 15 is 0 Å². The number of hydrogen-bond donors (Lipinski definition) is 1. The van der Waals surface area contributed by atoms with E-state index in [1.807, 2.05) is 12.1 Å². The average molecular weight is 405 g/mol. The molecule has 1 amide bonds. The normalized spacial score (nSPS) is 11.6. The summed E-state index contributed by atoms with van der Waals surface area (Å²) in [7, 11) is -0.840. The van der Waals surface area contributed by atoms with Gasteiger partial charge in [-0.15, -0.1) is 0 Å². The Morgan fingerprint density at radius 1 is 1.19 bits per heavy atom. The van der Waals surface area contributed by atoms with Gasteiger partial charge in [-0.1, -0.05) is 23.7 Å². The van der Waals surface area contributed by atoms with Gasteiger partial charge in [0.2, 0.25) is 10.0 Å². The number of para-hydroxylation sites is 2. The van der Waals surface area contributed by atoms with Crippen molar-refractivity contribution in [2.75, 3.05) is 19.4 Å². The van der Waals surface area contributed by atoms with Crippen LogP contribution in [0.25, 0.3) is 5.69 Å². The standard InChI is InChI=1S/C18H17ClN4O3S/c1-22(2)27(25,26)13-7-8-15(19)14(11-13)18(24)21-16-5-3-4-6-17(16)23-10-9-20-12-23/h3-12H,1-2H3,(H,21,24). The Morgan fingerprint density at radius 2 is 1.93 bits per heavy atom. The quantitative estimate of drug-likeness (QED) is 0.708. The van der Waals surface area contributed by atoms with Gasteiger partial charge in [-0.05, 0) is 30.3 Å². The highest BCUT2D eigenvalue weighted by atomic mass is 35.5. The van der Waals surface area contributed by atoms with Gasteiger partial charge < -0.3 is 9.88 Å². The van der Waals surface area contributed by atoms with Crippen molar-refractivity contribution in [1.29, 1.82) is 0 Å². The molecule has 0 aliphatic rings. The number of nitrogens with zero attached hydrogens (tertiary/aromatic N) is 3. The van der Waals surface area contributed by atoms with Gasteiger partial charge in [0, 0.05) is 26.5 Å². The number of anilines is 1. The summed E-state index contributed by atoms with van der Waals surface area (Å²) in [4.78, 5) is 16.8.